The van der Waals surface area contributed by atoms with Crippen LogP contribution in [0, 0.1) is 0 Å². The summed E-state index contributed by atoms with van der Waals surface area (Å²) in [6.07, 6.45) is 0. The fourth-order valence-corrected chi connectivity index (χ4v) is 3.70. The molecule has 2 N–H and O–H groups in total. The summed E-state index contributed by atoms with van der Waals surface area (Å²) < 4.78 is 2.04. The van der Waals surface area contributed by atoms with Crippen molar-refractivity contribution in [3.05, 3.63) is 39.6 Å². The van der Waals surface area contributed by atoms with Crippen LogP contribution in [0.25, 0.3) is 0 Å². The SMILES string of the molecule is CC(C)n1c(CN)nnc1SCc1c(Cl)cccc1Cl. The fourth-order valence-electron chi connectivity index (χ4n) is 1.87. The second kappa shape index (κ2) is 6.80. The monoisotopic (exact) mass is 330 g/mol. The second-order valence-electron chi connectivity index (χ2n) is 4.56. The predicted octanol–water partition coefficient (Wildman–Crippen LogP) is 3.92. The van der Waals surface area contributed by atoms with Gasteiger partial charge >= 0.3 is 0 Å². The molecule has 0 saturated carbocycles. The summed E-state index contributed by atoms with van der Waals surface area (Å²) in [4.78, 5) is 0. The van der Waals surface area contributed by atoms with Crippen LogP contribution in [-0.4, -0.2) is 14.8 Å². The van der Waals surface area contributed by atoms with Crippen LogP contribution < -0.4 is 5.73 Å². The van der Waals surface area contributed by atoms with Crippen LogP contribution in [0.1, 0.15) is 31.3 Å². The molecule has 7 heteroatoms. The van der Waals surface area contributed by atoms with Gasteiger partial charge in [0.2, 0.25) is 0 Å². The van der Waals surface area contributed by atoms with Crippen LogP contribution in [-0.2, 0) is 12.3 Å². The molecule has 2 rings (SSSR count). The van der Waals surface area contributed by atoms with Gasteiger partial charge in [0, 0.05) is 21.8 Å². The minimum absolute atomic E-state index is 0.257. The Balaban J connectivity index is 2.21. The largest absolute Gasteiger partial charge is 0.324 e. The lowest BCUT2D eigenvalue weighted by Gasteiger charge is -2.13. The van der Waals surface area contributed by atoms with Crippen LogP contribution in [0.5, 0.6) is 0 Å². The number of thioether (sulfide) groups is 1. The summed E-state index contributed by atoms with van der Waals surface area (Å²) in [5, 5.41) is 10.5. The zero-order valence-electron chi connectivity index (χ0n) is 11.3. The van der Waals surface area contributed by atoms with Crippen molar-refractivity contribution in [1.29, 1.82) is 0 Å². The van der Waals surface area contributed by atoms with Gasteiger partial charge in [-0.2, -0.15) is 0 Å². The Morgan fingerprint density at radius 2 is 1.90 bits per heavy atom. The van der Waals surface area contributed by atoms with Gasteiger partial charge in [0.1, 0.15) is 5.82 Å². The molecule has 0 aliphatic carbocycles. The Morgan fingerprint density at radius 3 is 2.45 bits per heavy atom. The zero-order valence-corrected chi connectivity index (χ0v) is 13.6. The molecule has 2 aromatic rings. The standard InChI is InChI=1S/C13H16Cl2N4S/c1-8(2)19-12(6-16)17-18-13(19)20-7-9-10(14)4-3-5-11(9)15/h3-5,8H,6-7,16H2,1-2H3. The smallest absolute Gasteiger partial charge is 0.191 e. The third kappa shape index (κ3) is 3.28. The van der Waals surface area contributed by atoms with Crippen molar-refractivity contribution in [2.45, 2.75) is 37.3 Å². The van der Waals surface area contributed by atoms with E-state index >= 15 is 0 Å². The van der Waals surface area contributed by atoms with E-state index in [4.69, 9.17) is 28.9 Å². The van der Waals surface area contributed by atoms with Gasteiger partial charge in [0.25, 0.3) is 0 Å². The molecule has 0 fully saturated rings. The van der Waals surface area contributed by atoms with E-state index in [1.165, 1.54) is 0 Å². The van der Waals surface area contributed by atoms with E-state index in [9.17, 15) is 0 Å². The Morgan fingerprint density at radius 1 is 1.25 bits per heavy atom. The fraction of sp³-hybridized carbons (Fsp3) is 0.385. The number of hydrogen-bond acceptors (Lipinski definition) is 4. The molecule has 0 amide bonds. The highest BCUT2D eigenvalue weighted by Gasteiger charge is 2.15. The average Bonchev–Trinajstić information content (AvgIpc) is 2.81. The van der Waals surface area contributed by atoms with Crippen LogP contribution in [0.3, 0.4) is 0 Å². The molecule has 0 aliphatic heterocycles. The van der Waals surface area contributed by atoms with Gasteiger partial charge in [-0.25, -0.2) is 0 Å². The highest BCUT2D eigenvalue weighted by Crippen LogP contribution is 2.31. The Bertz CT molecular complexity index is 578. The lowest BCUT2D eigenvalue weighted by atomic mass is 10.2. The predicted molar refractivity (Wildman–Crippen MR) is 84.3 cm³/mol. The van der Waals surface area contributed by atoms with Crippen molar-refractivity contribution >= 4 is 35.0 Å². The Hall–Kier alpha value is -0.750. The van der Waals surface area contributed by atoms with Crippen molar-refractivity contribution in [2.75, 3.05) is 0 Å². The molecule has 4 nitrogen and oxygen atoms in total. The van der Waals surface area contributed by atoms with E-state index < -0.39 is 0 Å². The quantitative estimate of drug-likeness (QED) is 0.844. The van der Waals surface area contributed by atoms with Crippen molar-refractivity contribution in [3.8, 4) is 0 Å². The highest BCUT2D eigenvalue weighted by molar-refractivity contribution is 7.98. The molecular weight excluding hydrogens is 315 g/mol. The van der Waals surface area contributed by atoms with Gasteiger partial charge in [0.05, 0.1) is 6.54 Å². The Labute approximate surface area is 132 Å². The molecule has 20 heavy (non-hydrogen) atoms. The number of aromatic nitrogens is 3. The molecule has 0 spiro atoms. The van der Waals surface area contributed by atoms with E-state index in [-0.39, 0.29) is 6.04 Å². The van der Waals surface area contributed by atoms with E-state index in [0.29, 0.717) is 22.3 Å². The first-order chi connectivity index (χ1) is 9.54. The maximum atomic E-state index is 6.17. The van der Waals surface area contributed by atoms with Crippen molar-refractivity contribution in [3.63, 3.8) is 0 Å². The van der Waals surface area contributed by atoms with Crippen molar-refractivity contribution in [1.82, 2.24) is 14.8 Å². The number of nitrogens with zero attached hydrogens (tertiary/aromatic N) is 3. The second-order valence-corrected chi connectivity index (χ2v) is 6.31. The summed E-state index contributed by atoms with van der Waals surface area (Å²) >= 11 is 13.9. The molecule has 1 heterocycles. The summed E-state index contributed by atoms with van der Waals surface area (Å²) in [6, 6.07) is 5.76. The van der Waals surface area contributed by atoms with E-state index in [2.05, 4.69) is 24.0 Å². The summed E-state index contributed by atoms with van der Waals surface area (Å²) in [5.74, 6) is 1.43. The lowest BCUT2D eigenvalue weighted by molar-refractivity contribution is 0.526. The van der Waals surface area contributed by atoms with Crippen molar-refractivity contribution in [2.24, 2.45) is 5.73 Å². The van der Waals surface area contributed by atoms with Gasteiger partial charge in [-0.3, -0.25) is 0 Å². The van der Waals surface area contributed by atoms with Crippen LogP contribution in [0.4, 0.5) is 0 Å². The van der Waals surface area contributed by atoms with Crippen LogP contribution in [0.15, 0.2) is 23.4 Å². The molecule has 0 unspecified atom stereocenters. The van der Waals surface area contributed by atoms with Gasteiger partial charge in [-0.05, 0) is 31.5 Å². The van der Waals surface area contributed by atoms with E-state index in [1.54, 1.807) is 11.8 Å². The van der Waals surface area contributed by atoms with Gasteiger partial charge in [-0.15, -0.1) is 10.2 Å². The van der Waals surface area contributed by atoms with Crippen LogP contribution >= 0.6 is 35.0 Å². The zero-order chi connectivity index (χ0) is 14.7. The van der Waals surface area contributed by atoms with Crippen molar-refractivity contribution < 1.29 is 0 Å². The van der Waals surface area contributed by atoms with E-state index in [0.717, 1.165) is 16.5 Å². The van der Waals surface area contributed by atoms with Gasteiger partial charge in [0.15, 0.2) is 5.16 Å². The topological polar surface area (TPSA) is 56.7 Å². The number of rotatable bonds is 5. The third-order valence-corrected chi connectivity index (χ3v) is 4.52. The maximum Gasteiger partial charge on any atom is 0.191 e. The summed E-state index contributed by atoms with van der Waals surface area (Å²) in [6.45, 7) is 4.53. The number of hydrogen-bond donors (Lipinski definition) is 1. The molecular formula is C13H16Cl2N4S. The molecule has 0 bridgehead atoms. The number of nitrogens with two attached hydrogens (primary N) is 1. The molecule has 0 radical (unpaired) electrons. The first-order valence-electron chi connectivity index (χ1n) is 6.24. The number of halogens is 2. The summed E-state index contributed by atoms with van der Waals surface area (Å²) in [7, 11) is 0. The molecule has 0 aliphatic rings. The lowest BCUT2D eigenvalue weighted by Crippen LogP contribution is -2.11. The molecule has 1 aromatic carbocycles. The number of benzene rings is 1. The van der Waals surface area contributed by atoms with E-state index in [1.807, 2.05) is 22.8 Å². The molecule has 0 atom stereocenters. The minimum atomic E-state index is 0.257. The normalized spacial score (nSPS) is 11.3. The molecule has 0 saturated heterocycles. The first kappa shape index (κ1) is 15.6. The molecule has 1 aromatic heterocycles. The Kier molecular flexibility index (Phi) is 5.32. The third-order valence-electron chi connectivity index (χ3n) is 2.84. The molecule has 108 valence electrons. The average molecular weight is 331 g/mol. The minimum Gasteiger partial charge on any atom is -0.324 e. The van der Waals surface area contributed by atoms with Gasteiger partial charge < -0.3 is 10.3 Å². The highest BCUT2D eigenvalue weighted by atomic mass is 35.5. The summed E-state index contributed by atoms with van der Waals surface area (Å²) in [5.41, 5.74) is 6.59. The first-order valence-corrected chi connectivity index (χ1v) is 7.98. The van der Waals surface area contributed by atoms with Gasteiger partial charge in [-0.1, -0.05) is 41.0 Å². The van der Waals surface area contributed by atoms with Crippen LogP contribution in [0.2, 0.25) is 10.0 Å². The maximum absolute atomic E-state index is 6.17.